The van der Waals surface area contributed by atoms with Crippen LogP contribution < -0.4 is 5.73 Å². The van der Waals surface area contributed by atoms with Crippen LogP contribution in [0.2, 0.25) is 0 Å². The maximum atomic E-state index is 12.2. The highest BCUT2D eigenvalue weighted by molar-refractivity contribution is 5.82. The molecule has 23 heavy (non-hydrogen) atoms. The molecule has 122 valence electrons. The minimum Gasteiger partial charge on any atom is -0.341 e. The zero-order valence-electron chi connectivity index (χ0n) is 12.5. The number of carbonyl (C=O) groups is 1. The van der Waals surface area contributed by atoms with Crippen LogP contribution in [0.3, 0.4) is 0 Å². The quantitative estimate of drug-likeness (QED) is 0.940. The molecule has 0 saturated carbocycles. The smallest absolute Gasteiger partial charge is 0.239 e. The largest absolute Gasteiger partial charge is 0.341 e. The molecule has 1 aliphatic rings. The highest BCUT2D eigenvalue weighted by Crippen LogP contribution is 2.16. The monoisotopic (exact) mass is 312 g/mol. The van der Waals surface area contributed by atoms with Gasteiger partial charge in [0.05, 0.1) is 6.04 Å². The summed E-state index contributed by atoms with van der Waals surface area (Å²) < 4.78 is 0. The zero-order chi connectivity index (χ0) is 15.4. The van der Waals surface area contributed by atoms with Gasteiger partial charge in [0.15, 0.2) is 5.82 Å². The van der Waals surface area contributed by atoms with E-state index in [0.717, 1.165) is 37.1 Å². The Balaban J connectivity index is 0.00000192. The van der Waals surface area contributed by atoms with Crippen LogP contribution in [0.25, 0.3) is 11.4 Å². The highest BCUT2D eigenvalue weighted by atomic mass is 16.2. The molecule has 3 rings (SSSR count). The van der Waals surface area contributed by atoms with Gasteiger partial charge in [0.2, 0.25) is 5.91 Å². The fourth-order valence-corrected chi connectivity index (χ4v) is 2.75. The predicted octanol–water partition coefficient (Wildman–Crippen LogP) is 2.27. The van der Waals surface area contributed by atoms with Crippen LogP contribution >= 0.6 is 0 Å². The van der Waals surface area contributed by atoms with Gasteiger partial charge in [-0.15, -0.1) is 0 Å². The third-order valence-corrected chi connectivity index (χ3v) is 3.97. The second kappa shape index (κ2) is 7.83. The van der Waals surface area contributed by atoms with E-state index in [-0.39, 0.29) is 13.3 Å². The van der Waals surface area contributed by atoms with Gasteiger partial charge in [0, 0.05) is 31.0 Å². The molecule has 1 aromatic heterocycles. The number of hydrogen-bond acceptors (Lipinski definition) is 4. The number of likely N-dealkylation sites (tertiary alicyclic amines) is 1. The first-order chi connectivity index (χ1) is 10.7. The first-order valence-corrected chi connectivity index (χ1v) is 7.65. The normalized spacial score (nSPS) is 15.1. The summed E-state index contributed by atoms with van der Waals surface area (Å²) in [7, 11) is 0. The Kier molecular flexibility index (Phi) is 5.82. The molecule has 0 unspecified atom stereocenters. The number of nitrogens with two attached hydrogens (primary N) is 1. The summed E-state index contributed by atoms with van der Waals surface area (Å²) in [6.07, 6.45) is 6.18. The van der Waals surface area contributed by atoms with E-state index < -0.39 is 6.04 Å². The van der Waals surface area contributed by atoms with Crippen LogP contribution in [-0.2, 0) is 11.2 Å². The van der Waals surface area contributed by atoms with E-state index in [0.29, 0.717) is 12.2 Å². The Labute approximate surface area is 137 Å². The average molecular weight is 312 g/mol. The number of carbonyl (C=O) groups excluding carboxylic acids is 1. The summed E-state index contributed by atoms with van der Waals surface area (Å²) in [6.45, 7) is 1.69. The molecule has 5 nitrogen and oxygen atoms in total. The van der Waals surface area contributed by atoms with Crippen molar-refractivity contribution in [2.45, 2.75) is 32.7 Å². The van der Waals surface area contributed by atoms with Gasteiger partial charge < -0.3 is 10.6 Å². The number of nitrogens with zero attached hydrogens (tertiary/aromatic N) is 3. The summed E-state index contributed by atoms with van der Waals surface area (Å²) in [4.78, 5) is 22.5. The molecule has 2 aromatic rings. The standard InChI is InChI=1S/C17H20N4O.CH4/c18-15(17(22)21-10-1-2-11-21)12-13-4-6-14(7-5-13)16-19-8-3-9-20-16;/h3-9,15H,1-2,10-12,18H2;1H4/t15-;/m1./s1. The van der Waals surface area contributed by atoms with Gasteiger partial charge in [-0.1, -0.05) is 31.7 Å². The zero-order valence-corrected chi connectivity index (χ0v) is 12.5. The first kappa shape index (κ1) is 17.1. The van der Waals surface area contributed by atoms with Crippen LogP contribution in [0, 0.1) is 0 Å². The summed E-state index contributed by atoms with van der Waals surface area (Å²) in [5, 5.41) is 0. The lowest BCUT2D eigenvalue weighted by atomic mass is 10.0. The molecule has 1 fully saturated rings. The van der Waals surface area contributed by atoms with Crippen molar-refractivity contribution in [3.05, 3.63) is 48.3 Å². The van der Waals surface area contributed by atoms with Crippen molar-refractivity contribution < 1.29 is 4.79 Å². The van der Waals surface area contributed by atoms with E-state index in [1.54, 1.807) is 18.5 Å². The molecular formula is C18H24N4O. The number of aromatic nitrogens is 2. The molecular weight excluding hydrogens is 288 g/mol. The molecule has 2 heterocycles. The molecule has 0 aliphatic carbocycles. The molecule has 5 heteroatoms. The number of benzene rings is 1. The topological polar surface area (TPSA) is 72.1 Å². The van der Waals surface area contributed by atoms with Gasteiger partial charge in [0.1, 0.15) is 0 Å². The van der Waals surface area contributed by atoms with E-state index in [1.165, 1.54) is 0 Å². The van der Waals surface area contributed by atoms with Crippen molar-refractivity contribution in [2.75, 3.05) is 13.1 Å². The number of hydrogen-bond donors (Lipinski definition) is 1. The van der Waals surface area contributed by atoms with Crippen LogP contribution in [0.5, 0.6) is 0 Å². The van der Waals surface area contributed by atoms with Crippen molar-refractivity contribution in [1.29, 1.82) is 0 Å². The van der Waals surface area contributed by atoms with Gasteiger partial charge in [-0.2, -0.15) is 0 Å². The summed E-state index contributed by atoms with van der Waals surface area (Å²) in [6, 6.07) is 9.25. The second-order valence-electron chi connectivity index (χ2n) is 5.61. The van der Waals surface area contributed by atoms with Gasteiger partial charge in [-0.05, 0) is 30.9 Å². The van der Waals surface area contributed by atoms with Crippen LogP contribution in [0.1, 0.15) is 25.8 Å². The number of rotatable bonds is 4. The number of amides is 1. The fourth-order valence-electron chi connectivity index (χ4n) is 2.75. The van der Waals surface area contributed by atoms with E-state index in [1.807, 2.05) is 29.2 Å². The van der Waals surface area contributed by atoms with Gasteiger partial charge in [-0.25, -0.2) is 9.97 Å². The minimum absolute atomic E-state index is 0. The minimum atomic E-state index is -0.461. The van der Waals surface area contributed by atoms with E-state index >= 15 is 0 Å². The third-order valence-electron chi connectivity index (χ3n) is 3.97. The third kappa shape index (κ3) is 4.13. The van der Waals surface area contributed by atoms with Crippen LogP contribution in [-0.4, -0.2) is 39.9 Å². The van der Waals surface area contributed by atoms with Crippen molar-refractivity contribution >= 4 is 5.91 Å². The van der Waals surface area contributed by atoms with Crippen molar-refractivity contribution in [2.24, 2.45) is 5.73 Å². The van der Waals surface area contributed by atoms with Crippen LogP contribution in [0.4, 0.5) is 0 Å². The Morgan fingerprint density at radius 2 is 1.74 bits per heavy atom. The van der Waals surface area contributed by atoms with E-state index in [4.69, 9.17) is 5.73 Å². The summed E-state index contributed by atoms with van der Waals surface area (Å²) >= 11 is 0. The first-order valence-electron chi connectivity index (χ1n) is 7.65. The maximum absolute atomic E-state index is 12.2. The molecule has 0 radical (unpaired) electrons. The Morgan fingerprint density at radius 3 is 2.35 bits per heavy atom. The molecule has 1 saturated heterocycles. The van der Waals surface area contributed by atoms with Crippen molar-refractivity contribution in [3.63, 3.8) is 0 Å². The highest BCUT2D eigenvalue weighted by Gasteiger charge is 2.23. The van der Waals surface area contributed by atoms with Gasteiger partial charge in [0.25, 0.3) is 0 Å². The molecule has 1 atom stereocenters. The fraction of sp³-hybridized carbons (Fsp3) is 0.389. The molecule has 1 aliphatic heterocycles. The lowest BCUT2D eigenvalue weighted by Gasteiger charge is -2.20. The molecule has 1 aromatic carbocycles. The Morgan fingerprint density at radius 1 is 1.13 bits per heavy atom. The lowest BCUT2D eigenvalue weighted by molar-refractivity contribution is -0.131. The SMILES string of the molecule is C.N[C@H](Cc1ccc(-c2ncccn2)cc1)C(=O)N1CCCC1. The average Bonchev–Trinajstić information content (AvgIpc) is 3.10. The summed E-state index contributed by atoms with van der Waals surface area (Å²) in [5.74, 6) is 0.763. The molecule has 2 N–H and O–H groups in total. The van der Waals surface area contributed by atoms with E-state index in [2.05, 4.69) is 9.97 Å². The Hall–Kier alpha value is -2.27. The van der Waals surface area contributed by atoms with E-state index in [9.17, 15) is 4.79 Å². The molecule has 1 amide bonds. The Bertz CT molecular complexity index is 621. The second-order valence-corrected chi connectivity index (χ2v) is 5.61. The maximum Gasteiger partial charge on any atom is 0.239 e. The predicted molar refractivity (Wildman–Crippen MR) is 91.7 cm³/mol. The van der Waals surface area contributed by atoms with Crippen LogP contribution in [0.15, 0.2) is 42.7 Å². The summed E-state index contributed by atoms with van der Waals surface area (Å²) in [5.41, 5.74) is 8.08. The van der Waals surface area contributed by atoms with Crippen molar-refractivity contribution in [3.8, 4) is 11.4 Å². The van der Waals surface area contributed by atoms with Crippen molar-refractivity contribution in [1.82, 2.24) is 14.9 Å². The molecule has 0 bridgehead atoms. The van der Waals surface area contributed by atoms with Gasteiger partial charge in [-0.3, -0.25) is 4.79 Å². The molecule has 0 spiro atoms. The van der Waals surface area contributed by atoms with Gasteiger partial charge >= 0.3 is 0 Å². The lowest BCUT2D eigenvalue weighted by Crippen LogP contribution is -2.43.